The molecule has 0 saturated heterocycles. The molecule has 1 aliphatic rings. The van der Waals surface area contributed by atoms with E-state index in [-0.39, 0.29) is 18.4 Å². The minimum absolute atomic E-state index is 0.252. The summed E-state index contributed by atoms with van der Waals surface area (Å²) in [6, 6.07) is 26.1. The average molecular weight is 510 g/mol. The van der Waals surface area contributed by atoms with Crippen molar-refractivity contribution in [2.75, 3.05) is 13.2 Å². The zero-order valence-electron chi connectivity index (χ0n) is 21.6. The molecule has 0 radical (unpaired) electrons. The van der Waals surface area contributed by atoms with Gasteiger partial charge in [0, 0.05) is 0 Å². The molecule has 0 aromatic heterocycles. The summed E-state index contributed by atoms with van der Waals surface area (Å²) in [4.78, 5) is 25.9. The van der Waals surface area contributed by atoms with Gasteiger partial charge in [-0.15, -0.1) is 0 Å². The molecule has 0 unspecified atom stereocenters. The van der Waals surface area contributed by atoms with Gasteiger partial charge in [-0.1, -0.05) is 96.5 Å². The van der Waals surface area contributed by atoms with Crippen LogP contribution in [0.25, 0.3) is 0 Å². The highest BCUT2D eigenvalue weighted by molar-refractivity contribution is 6.21. The molecule has 1 N–H and O–H groups in total. The van der Waals surface area contributed by atoms with Crippen molar-refractivity contribution >= 4 is 11.8 Å². The number of benzene rings is 3. The lowest BCUT2D eigenvalue weighted by atomic mass is 10.1. The quantitative estimate of drug-likeness (QED) is 0.289. The zero-order valence-corrected chi connectivity index (χ0v) is 21.6. The largest absolute Gasteiger partial charge is 0.381 e. The fourth-order valence-corrected chi connectivity index (χ4v) is 3.59. The van der Waals surface area contributed by atoms with E-state index in [4.69, 9.17) is 14.6 Å². The molecule has 2 amide bonds. The van der Waals surface area contributed by atoms with Crippen LogP contribution in [0.4, 0.5) is 0 Å². The van der Waals surface area contributed by atoms with Gasteiger partial charge in [0.2, 0.25) is 0 Å². The maximum Gasteiger partial charge on any atom is 0.262 e. The Kier molecular flexibility index (Phi) is 11.3. The van der Waals surface area contributed by atoms with Crippen LogP contribution in [-0.2, 0) is 22.7 Å². The lowest BCUT2D eigenvalue weighted by molar-refractivity contribution is 0.0630. The van der Waals surface area contributed by atoms with E-state index < -0.39 is 12.1 Å². The van der Waals surface area contributed by atoms with Crippen molar-refractivity contribution < 1.29 is 24.2 Å². The SMILES string of the molecule is C[C@H](C#CCOCc1ccccc1)N1C(=O)c2ccccc2C1=O.C[C@H](O)C#CCOCc1ccccc1. The summed E-state index contributed by atoms with van der Waals surface area (Å²) in [5, 5.41) is 8.84. The summed E-state index contributed by atoms with van der Waals surface area (Å²) in [6.07, 6.45) is -0.574. The van der Waals surface area contributed by atoms with Gasteiger partial charge >= 0.3 is 0 Å². The van der Waals surface area contributed by atoms with Gasteiger partial charge in [-0.3, -0.25) is 14.5 Å². The molecule has 0 spiro atoms. The number of carbonyl (C=O) groups is 2. The molecule has 0 fully saturated rings. The highest BCUT2D eigenvalue weighted by Gasteiger charge is 2.37. The Morgan fingerprint density at radius 2 is 1.11 bits per heavy atom. The normalized spacial score (nSPS) is 13.2. The van der Waals surface area contributed by atoms with E-state index in [1.165, 1.54) is 4.90 Å². The molecule has 1 aliphatic heterocycles. The van der Waals surface area contributed by atoms with Gasteiger partial charge in [0.25, 0.3) is 11.8 Å². The summed E-state index contributed by atoms with van der Waals surface area (Å²) in [6.45, 7) is 5.03. The van der Waals surface area contributed by atoms with E-state index >= 15 is 0 Å². The number of nitrogens with zero attached hydrogens (tertiary/aromatic N) is 1. The molecule has 1 heterocycles. The number of rotatable bonds is 7. The first kappa shape index (κ1) is 28.4. The van der Waals surface area contributed by atoms with Crippen LogP contribution in [-0.4, -0.2) is 47.2 Å². The third-order valence-electron chi connectivity index (χ3n) is 5.41. The van der Waals surface area contributed by atoms with Crippen molar-refractivity contribution in [3.05, 3.63) is 107 Å². The monoisotopic (exact) mass is 509 g/mol. The van der Waals surface area contributed by atoms with Crippen molar-refractivity contribution in [2.45, 2.75) is 39.2 Å². The number of hydrogen-bond donors (Lipinski definition) is 1. The predicted octanol–water partition coefficient (Wildman–Crippen LogP) is 4.48. The molecule has 194 valence electrons. The van der Waals surface area contributed by atoms with Gasteiger partial charge in [-0.25, -0.2) is 0 Å². The Bertz CT molecular complexity index is 1280. The topological polar surface area (TPSA) is 76.1 Å². The molecule has 4 rings (SSSR count). The molecular weight excluding hydrogens is 478 g/mol. The van der Waals surface area contributed by atoms with Crippen LogP contribution in [0.3, 0.4) is 0 Å². The van der Waals surface area contributed by atoms with Crippen LogP contribution in [0.5, 0.6) is 0 Å². The zero-order chi connectivity index (χ0) is 27.2. The van der Waals surface area contributed by atoms with Crippen LogP contribution in [0.15, 0.2) is 84.9 Å². The summed E-state index contributed by atoms with van der Waals surface area (Å²) >= 11 is 0. The number of carbonyl (C=O) groups excluding carboxylic acids is 2. The number of aliphatic hydroxyl groups excluding tert-OH is 1. The molecule has 2 atom stereocenters. The number of imide groups is 1. The Labute approximate surface area is 224 Å². The van der Waals surface area contributed by atoms with Gasteiger partial charge in [0.05, 0.1) is 30.4 Å². The van der Waals surface area contributed by atoms with Crippen LogP contribution in [0, 0.1) is 23.7 Å². The van der Waals surface area contributed by atoms with Crippen LogP contribution >= 0.6 is 0 Å². The fourth-order valence-electron chi connectivity index (χ4n) is 3.59. The summed E-state index contributed by atoms with van der Waals surface area (Å²) in [7, 11) is 0. The highest BCUT2D eigenvalue weighted by Crippen LogP contribution is 2.24. The molecular formula is C32H31NO5. The Hall–Kier alpha value is -4.20. The third kappa shape index (κ3) is 8.73. The minimum atomic E-state index is -0.574. The standard InChI is InChI=1S/C20H17NO3.C12H14O2/c1-15(8-7-13-24-14-16-9-3-2-4-10-16)21-19(22)17-11-5-6-12-18(17)20(21)23;1-11(13)6-5-9-14-10-12-7-3-2-4-8-12/h2-6,9-12,15H,13-14H2,1H3;2-4,7-8,11,13H,9-10H2,1H3/t15-;11-/m10/s1. The van der Waals surface area contributed by atoms with Crippen molar-refractivity contribution in [1.82, 2.24) is 4.90 Å². The summed E-state index contributed by atoms with van der Waals surface area (Å²) < 4.78 is 10.8. The van der Waals surface area contributed by atoms with Crippen molar-refractivity contribution in [3.63, 3.8) is 0 Å². The van der Waals surface area contributed by atoms with E-state index in [0.29, 0.717) is 30.9 Å². The second-order valence-corrected chi connectivity index (χ2v) is 8.48. The third-order valence-corrected chi connectivity index (χ3v) is 5.41. The van der Waals surface area contributed by atoms with Crippen molar-refractivity contribution in [1.29, 1.82) is 0 Å². The first-order valence-electron chi connectivity index (χ1n) is 12.3. The van der Waals surface area contributed by atoms with Gasteiger partial charge in [0.15, 0.2) is 0 Å². The van der Waals surface area contributed by atoms with Gasteiger partial charge in [0.1, 0.15) is 19.3 Å². The van der Waals surface area contributed by atoms with E-state index in [9.17, 15) is 9.59 Å². The van der Waals surface area contributed by atoms with E-state index in [1.807, 2.05) is 60.7 Å². The minimum Gasteiger partial charge on any atom is -0.381 e. The van der Waals surface area contributed by atoms with Crippen LogP contribution < -0.4 is 0 Å². The van der Waals surface area contributed by atoms with Gasteiger partial charge in [-0.2, -0.15) is 0 Å². The number of aliphatic hydroxyl groups is 1. The highest BCUT2D eigenvalue weighted by atomic mass is 16.5. The van der Waals surface area contributed by atoms with Gasteiger partial charge < -0.3 is 14.6 Å². The number of fused-ring (bicyclic) bond motifs is 1. The van der Waals surface area contributed by atoms with Crippen molar-refractivity contribution in [3.8, 4) is 23.7 Å². The van der Waals surface area contributed by atoms with E-state index in [2.05, 4.69) is 23.7 Å². The van der Waals surface area contributed by atoms with E-state index in [1.54, 1.807) is 38.1 Å². The molecule has 0 saturated carbocycles. The molecule has 0 aliphatic carbocycles. The number of hydrogen-bond acceptors (Lipinski definition) is 5. The number of ether oxygens (including phenoxy) is 2. The Morgan fingerprint density at radius 3 is 1.55 bits per heavy atom. The van der Waals surface area contributed by atoms with Gasteiger partial charge in [-0.05, 0) is 37.1 Å². The maximum absolute atomic E-state index is 12.3. The second-order valence-electron chi connectivity index (χ2n) is 8.48. The molecule has 0 bridgehead atoms. The molecule has 3 aromatic carbocycles. The Morgan fingerprint density at radius 1 is 0.684 bits per heavy atom. The number of amides is 2. The van der Waals surface area contributed by atoms with Crippen molar-refractivity contribution in [2.24, 2.45) is 0 Å². The second kappa shape index (κ2) is 15.1. The van der Waals surface area contributed by atoms with Crippen LogP contribution in [0.1, 0.15) is 45.7 Å². The first-order valence-corrected chi connectivity index (χ1v) is 12.3. The summed E-state index contributed by atoms with van der Waals surface area (Å²) in [5.74, 6) is 10.6. The predicted molar refractivity (Wildman–Crippen MR) is 146 cm³/mol. The summed E-state index contributed by atoms with van der Waals surface area (Å²) in [5.41, 5.74) is 3.09. The fraction of sp³-hybridized carbons (Fsp3) is 0.250. The smallest absolute Gasteiger partial charge is 0.262 e. The first-order chi connectivity index (χ1) is 18.5. The molecule has 6 heteroatoms. The van der Waals surface area contributed by atoms with Crippen LogP contribution in [0.2, 0.25) is 0 Å². The Balaban J connectivity index is 0.000000244. The molecule has 6 nitrogen and oxygen atoms in total. The average Bonchev–Trinajstić information content (AvgIpc) is 3.19. The molecule has 3 aromatic rings. The lowest BCUT2D eigenvalue weighted by Crippen LogP contribution is -2.37. The van der Waals surface area contributed by atoms with E-state index in [0.717, 1.165) is 11.1 Å². The molecule has 38 heavy (non-hydrogen) atoms. The lowest BCUT2D eigenvalue weighted by Gasteiger charge is -2.17. The maximum atomic E-state index is 12.3.